The molecule has 2 heterocycles. The van der Waals surface area contributed by atoms with E-state index in [1.165, 1.54) is 0 Å². The van der Waals surface area contributed by atoms with Gasteiger partial charge in [-0.15, -0.1) is 0 Å². The highest BCUT2D eigenvalue weighted by atomic mass is 16.5. The van der Waals surface area contributed by atoms with Gasteiger partial charge in [0.05, 0.1) is 13.2 Å². The third kappa shape index (κ3) is 3.05. The average molecular weight is 214 g/mol. The molecule has 0 aromatic rings. The van der Waals surface area contributed by atoms with E-state index in [4.69, 9.17) is 4.74 Å². The molecule has 6 heteroatoms. The Morgan fingerprint density at radius 2 is 1.80 bits per heavy atom. The van der Waals surface area contributed by atoms with Crippen molar-refractivity contribution in [2.45, 2.75) is 0 Å². The molecule has 2 aliphatic rings. The van der Waals surface area contributed by atoms with Crippen molar-refractivity contribution in [3.63, 3.8) is 0 Å². The Hall–Kier alpha value is -0.850. The largest absolute Gasteiger partial charge is 0.378 e. The van der Waals surface area contributed by atoms with Gasteiger partial charge in [-0.25, -0.2) is 9.80 Å². The molecule has 2 saturated heterocycles. The van der Waals surface area contributed by atoms with Gasteiger partial charge in [-0.3, -0.25) is 5.43 Å². The van der Waals surface area contributed by atoms with E-state index in [0.717, 1.165) is 26.2 Å². The fourth-order valence-electron chi connectivity index (χ4n) is 1.75. The lowest BCUT2D eigenvalue weighted by Crippen LogP contribution is -2.56. The highest BCUT2D eigenvalue weighted by molar-refractivity contribution is 5.73. The first-order valence-corrected chi connectivity index (χ1v) is 5.45. The summed E-state index contributed by atoms with van der Waals surface area (Å²) in [6.07, 6.45) is 0. The van der Waals surface area contributed by atoms with Gasteiger partial charge in [-0.2, -0.15) is 0 Å². The first kappa shape index (κ1) is 10.7. The average Bonchev–Trinajstić information content (AvgIpc) is 2.31. The van der Waals surface area contributed by atoms with Crippen LogP contribution in [0.1, 0.15) is 0 Å². The quantitative estimate of drug-likeness (QED) is 0.578. The zero-order chi connectivity index (χ0) is 10.5. The Labute approximate surface area is 89.5 Å². The summed E-state index contributed by atoms with van der Waals surface area (Å²) in [6, 6.07) is 0.000185. The summed E-state index contributed by atoms with van der Waals surface area (Å²) in [7, 11) is 0. The number of amides is 2. The number of carbonyl (C=O) groups is 1. The number of ether oxygens (including phenoxy) is 1. The van der Waals surface area contributed by atoms with E-state index in [2.05, 4.69) is 10.7 Å². The second kappa shape index (κ2) is 5.29. The molecule has 6 nitrogen and oxygen atoms in total. The summed E-state index contributed by atoms with van der Waals surface area (Å²) in [6.45, 7) is 6.29. The van der Waals surface area contributed by atoms with Crippen LogP contribution in [0.15, 0.2) is 0 Å². The molecule has 2 rings (SSSR count). The molecule has 0 unspecified atom stereocenters. The van der Waals surface area contributed by atoms with Gasteiger partial charge in [0, 0.05) is 39.3 Å². The van der Waals surface area contributed by atoms with Crippen molar-refractivity contribution in [2.75, 3.05) is 52.5 Å². The van der Waals surface area contributed by atoms with Crippen molar-refractivity contribution in [2.24, 2.45) is 0 Å². The van der Waals surface area contributed by atoms with Gasteiger partial charge in [-0.1, -0.05) is 0 Å². The van der Waals surface area contributed by atoms with Crippen LogP contribution in [0.4, 0.5) is 4.79 Å². The second-order valence-electron chi connectivity index (χ2n) is 3.75. The lowest BCUT2D eigenvalue weighted by molar-refractivity contribution is 0.0452. The maximum absolute atomic E-state index is 11.8. The van der Waals surface area contributed by atoms with Crippen LogP contribution in [0.3, 0.4) is 0 Å². The van der Waals surface area contributed by atoms with Crippen molar-refractivity contribution >= 4 is 6.03 Å². The number of nitrogens with zero attached hydrogens (tertiary/aromatic N) is 2. The number of nitrogens with one attached hydrogen (secondary N) is 2. The second-order valence-corrected chi connectivity index (χ2v) is 3.75. The number of hydrogen-bond donors (Lipinski definition) is 2. The van der Waals surface area contributed by atoms with E-state index in [9.17, 15) is 4.79 Å². The molecule has 2 aliphatic heterocycles. The number of rotatable bonds is 1. The van der Waals surface area contributed by atoms with E-state index in [-0.39, 0.29) is 6.03 Å². The number of hydrogen-bond acceptors (Lipinski definition) is 4. The molecule has 0 saturated carbocycles. The minimum Gasteiger partial charge on any atom is -0.378 e. The Balaban J connectivity index is 1.74. The number of carbonyl (C=O) groups excluding carboxylic acids is 1. The predicted octanol–water partition coefficient (Wildman–Crippen LogP) is -1.15. The molecule has 0 aromatic heterocycles. The van der Waals surface area contributed by atoms with Crippen LogP contribution in [0.5, 0.6) is 0 Å². The molecule has 0 atom stereocenters. The number of urea groups is 1. The van der Waals surface area contributed by atoms with Crippen LogP contribution in [0.25, 0.3) is 0 Å². The van der Waals surface area contributed by atoms with Gasteiger partial charge in [0.25, 0.3) is 0 Å². The molecule has 0 radical (unpaired) electrons. The molecular weight excluding hydrogens is 196 g/mol. The summed E-state index contributed by atoms with van der Waals surface area (Å²) >= 11 is 0. The lowest BCUT2D eigenvalue weighted by atomic mass is 10.4. The topological polar surface area (TPSA) is 56.8 Å². The molecule has 2 amide bonds. The van der Waals surface area contributed by atoms with E-state index in [0.29, 0.717) is 26.3 Å². The number of hydrazine groups is 1. The predicted molar refractivity (Wildman–Crippen MR) is 55.4 cm³/mol. The van der Waals surface area contributed by atoms with Gasteiger partial charge in [-0.05, 0) is 0 Å². The van der Waals surface area contributed by atoms with Crippen molar-refractivity contribution in [1.82, 2.24) is 20.7 Å². The van der Waals surface area contributed by atoms with Crippen molar-refractivity contribution in [3.05, 3.63) is 0 Å². The van der Waals surface area contributed by atoms with Crippen LogP contribution in [-0.2, 0) is 4.74 Å². The van der Waals surface area contributed by atoms with Crippen LogP contribution in [-0.4, -0.2) is 68.4 Å². The van der Waals surface area contributed by atoms with Gasteiger partial charge in [0.1, 0.15) is 0 Å². The molecule has 2 N–H and O–H groups in total. The summed E-state index contributed by atoms with van der Waals surface area (Å²) < 4.78 is 5.19. The van der Waals surface area contributed by atoms with Crippen LogP contribution in [0, 0.1) is 0 Å². The van der Waals surface area contributed by atoms with E-state index in [1.807, 2.05) is 5.01 Å². The number of piperazine rings is 1. The Kier molecular flexibility index (Phi) is 3.76. The van der Waals surface area contributed by atoms with E-state index >= 15 is 0 Å². The molecular formula is C9H18N4O2. The maximum atomic E-state index is 11.8. The molecule has 86 valence electrons. The van der Waals surface area contributed by atoms with Crippen molar-refractivity contribution in [1.29, 1.82) is 0 Å². The van der Waals surface area contributed by atoms with Crippen LogP contribution in [0.2, 0.25) is 0 Å². The lowest BCUT2D eigenvalue weighted by Gasteiger charge is -2.32. The van der Waals surface area contributed by atoms with Crippen LogP contribution < -0.4 is 10.7 Å². The molecule has 0 aliphatic carbocycles. The molecule has 15 heavy (non-hydrogen) atoms. The maximum Gasteiger partial charge on any atom is 0.332 e. The Morgan fingerprint density at radius 3 is 2.47 bits per heavy atom. The summed E-state index contributed by atoms with van der Waals surface area (Å²) in [5, 5.41) is 5.21. The molecule has 2 fully saturated rings. The highest BCUT2D eigenvalue weighted by Crippen LogP contribution is 1.98. The first-order chi connectivity index (χ1) is 7.36. The van der Waals surface area contributed by atoms with Gasteiger partial charge in [0.15, 0.2) is 0 Å². The minimum atomic E-state index is 0.000185. The summed E-state index contributed by atoms with van der Waals surface area (Å²) in [5.74, 6) is 0. The molecule has 0 bridgehead atoms. The molecule has 0 spiro atoms. The van der Waals surface area contributed by atoms with Crippen molar-refractivity contribution in [3.8, 4) is 0 Å². The standard InChI is InChI=1S/C9H18N4O2/c14-9(12-5-7-15-8-6-12)11-13-3-1-10-2-4-13/h10H,1-8H2,(H,11,14). The minimum absolute atomic E-state index is 0.000185. The normalized spacial score (nSPS) is 23.9. The Morgan fingerprint density at radius 1 is 1.13 bits per heavy atom. The van der Waals surface area contributed by atoms with E-state index in [1.54, 1.807) is 4.90 Å². The fourth-order valence-corrected chi connectivity index (χ4v) is 1.75. The smallest absolute Gasteiger partial charge is 0.332 e. The SMILES string of the molecule is O=C(NN1CCNCC1)N1CCOCC1. The van der Waals surface area contributed by atoms with Gasteiger partial charge < -0.3 is 15.0 Å². The zero-order valence-electron chi connectivity index (χ0n) is 8.87. The monoisotopic (exact) mass is 214 g/mol. The van der Waals surface area contributed by atoms with Crippen LogP contribution >= 0.6 is 0 Å². The summed E-state index contributed by atoms with van der Waals surface area (Å²) in [5.41, 5.74) is 2.91. The molecule has 0 aromatic carbocycles. The third-order valence-electron chi connectivity index (χ3n) is 2.67. The first-order valence-electron chi connectivity index (χ1n) is 5.45. The summed E-state index contributed by atoms with van der Waals surface area (Å²) in [4.78, 5) is 13.6. The zero-order valence-corrected chi connectivity index (χ0v) is 8.87. The Bertz CT molecular complexity index is 212. The van der Waals surface area contributed by atoms with Gasteiger partial charge in [0.2, 0.25) is 0 Å². The van der Waals surface area contributed by atoms with E-state index < -0.39 is 0 Å². The number of morpholine rings is 1. The third-order valence-corrected chi connectivity index (χ3v) is 2.67. The fraction of sp³-hybridized carbons (Fsp3) is 0.889. The van der Waals surface area contributed by atoms with Crippen molar-refractivity contribution < 1.29 is 9.53 Å². The highest BCUT2D eigenvalue weighted by Gasteiger charge is 2.19. The van der Waals surface area contributed by atoms with Gasteiger partial charge >= 0.3 is 6.03 Å².